The molecule has 1 aliphatic rings. The normalized spacial score (nSPS) is 15.2. The average molecular weight is 364 g/mol. The number of aromatic nitrogens is 1. The third kappa shape index (κ3) is 3.97. The molecule has 1 saturated heterocycles. The molecular weight excluding hydrogens is 340 g/mol. The van der Waals surface area contributed by atoms with Crippen LogP contribution in [0.1, 0.15) is 36.6 Å². The van der Waals surface area contributed by atoms with Gasteiger partial charge in [-0.1, -0.05) is 24.3 Å². The number of hydrogen-bond acceptors (Lipinski definition) is 4. The number of oxazole rings is 1. The number of para-hydroxylation sites is 2. The number of amides is 1. The summed E-state index contributed by atoms with van der Waals surface area (Å²) in [5, 5.41) is 0. The second kappa shape index (κ2) is 7.82. The van der Waals surface area contributed by atoms with Gasteiger partial charge >= 0.3 is 0 Å². The van der Waals surface area contributed by atoms with E-state index in [2.05, 4.69) is 4.98 Å². The third-order valence-corrected chi connectivity index (χ3v) is 5.29. The first-order chi connectivity index (χ1) is 13.2. The summed E-state index contributed by atoms with van der Waals surface area (Å²) in [4.78, 5) is 19.1. The molecule has 0 N–H and O–H groups in total. The van der Waals surface area contributed by atoms with Crippen molar-refractivity contribution in [1.82, 2.24) is 9.88 Å². The van der Waals surface area contributed by atoms with Crippen molar-refractivity contribution < 1.29 is 13.9 Å². The molecule has 0 spiro atoms. The number of piperidine rings is 1. The van der Waals surface area contributed by atoms with Gasteiger partial charge in [0.2, 0.25) is 5.91 Å². The Hall–Kier alpha value is -2.82. The summed E-state index contributed by atoms with van der Waals surface area (Å²) in [7, 11) is 1.66. The lowest BCUT2D eigenvalue weighted by atomic mass is 9.96. The van der Waals surface area contributed by atoms with Gasteiger partial charge in [-0.3, -0.25) is 4.79 Å². The number of fused-ring (bicyclic) bond motifs is 1. The quantitative estimate of drug-likeness (QED) is 0.682. The van der Waals surface area contributed by atoms with Gasteiger partial charge < -0.3 is 14.1 Å². The van der Waals surface area contributed by atoms with Gasteiger partial charge in [0.1, 0.15) is 11.3 Å². The van der Waals surface area contributed by atoms with Crippen LogP contribution in [0.15, 0.2) is 52.9 Å². The number of ether oxygens (including phenoxy) is 1. The third-order valence-electron chi connectivity index (χ3n) is 5.29. The number of benzene rings is 2. The number of carbonyl (C=O) groups is 1. The second-order valence-electron chi connectivity index (χ2n) is 7.02. The molecule has 1 amide bonds. The van der Waals surface area contributed by atoms with E-state index in [1.54, 1.807) is 7.11 Å². The van der Waals surface area contributed by atoms with Crippen LogP contribution in [0.2, 0.25) is 0 Å². The predicted molar refractivity (Wildman–Crippen MR) is 104 cm³/mol. The number of carbonyl (C=O) groups excluding carboxylic acids is 1. The monoisotopic (exact) mass is 364 g/mol. The molecule has 140 valence electrons. The summed E-state index contributed by atoms with van der Waals surface area (Å²) in [6.07, 6.45) is 3.11. The largest absolute Gasteiger partial charge is 0.497 e. The van der Waals surface area contributed by atoms with E-state index in [-0.39, 0.29) is 5.91 Å². The van der Waals surface area contributed by atoms with Crippen LogP contribution in [0.5, 0.6) is 5.75 Å². The van der Waals surface area contributed by atoms with Crippen LogP contribution < -0.4 is 4.74 Å². The van der Waals surface area contributed by atoms with Crippen molar-refractivity contribution in [2.24, 2.45) is 0 Å². The molecule has 1 fully saturated rings. The fourth-order valence-electron chi connectivity index (χ4n) is 3.64. The Balaban J connectivity index is 1.29. The van der Waals surface area contributed by atoms with Gasteiger partial charge in [0.25, 0.3) is 0 Å². The summed E-state index contributed by atoms with van der Waals surface area (Å²) < 4.78 is 11.1. The van der Waals surface area contributed by atoms with E-state index < -0.39 is 0 Å². The maximum Gasteiger partial charge on any atom is 0.222 e. The van der Waals surface area contributed by atoms with Gasteiger partial charge in [0.15, 0.2) is 11.5 Å². The van der Waals surface area contributed by atoms with Gasteiger partial charge in [-0.2, -0.15) is 0 Å². The van der Waals surface area contributed by atoms with Crippen LogP contribution in [0, 0.1) is 0 Å². The Labute approximate surface area is 158 Å². The minimum atomic E-state index is 0.224. The lowest BCUT2D eigenvalue weighted by Gasteiger charge is -2.30. The van der Waals surface area contributed by atoms with Crippen molar-refractivity contribution in [3.8, 4) is 5.75 Å². The Morgan fingerprint density at radius 2 is 1.89 bits per heavy atom. The molecule has 5 nitrogen and oxygen atoms in total. The van der Waals surface area contributed by atoms with E-state index in [4.69, 9.17) is 9.15 Å². The van der Waals surface area contributed by atoms with E-state index in [1.807, 2.05) is 53.4 Å². The molecule has 0 unspecified atom stereocenters. The summed E-state index contributed by atoms with van der Waals surface area (Å²) in [5.41, 5.74) is 2.90. The van der Waals surface area contributed by atoms with E-state index in [0.717, 1.165) is 60.7 Å². The molecule has 0 aliphatic carbocycles. The highest BCUT2D eigenvalue weighted by Gasteiger charge is 2.26. The van der Waals surface area contributed by atoms with Crippen molar-refractivity contribution in [1.29, 1.82) is 0 Å². The summed E-state index contributed by atoms with van der Waals surface area (Å²) >= 11 is 0. The molecular formula is C22H24N2O3. The summed E-state index contributed by atoms with van der Waals surface area (Å²) in [5.74, 6) is 2.16. The van der Waals surface area contributed by atoms with Gasteiger partial charge in [-0.15, -0.1) is 0 Å². The van der Waals surface area contributed by atoms with Gasteiger partial charge in [0.05, 0.1) is 7.11 Å². The number of rotatable bonds is 5. The fraction of sp³-hybridized carbons (Fsp3) is 0.364. The molecule has 1 aliphatic heterocycles. The standard InChI is InChI=1S/C22H24N2O3/c1-26-18-9-6-16(7-10-18)8-11-21(25)24-14-12-17(13-15-24)22-23-19-4-2-3-5-20(19)27-22/h2-7,9-10,17H,8,11-15H2,1H3. The first kappa shape index (κ1) is 17.6. The van der Waals surface area contributed by atoms with Crippen molar-refractivity contribution >= 4 is 17.0 Å². The zero-order valence-corrected chi connectivity index (χ0v) is 15.6. The Kier molecular flexibility index (Phi) is 5.10. The van der Waals surface area contributed by atoms with Crippen LogP contribution in [-0.4, -0.2) is 36.0 Å². The van der Waals surface area contributed by atoms with Crippen LogP contribution >= 0.6 is 0 Å². The summed E-state index contributed by atoms with van der Waals surface area (Å²) in [6, 6.07) is 15.8. The van der Waals surface area contributed by atoms with E-state index >= 15 is 0 Å². The molecule has 1 aromatic heterocycles. The average Bonchev–Trinajstić information content (AvgIpc) is 3.17. The molecule has 0 saturated carbocycles. The van der Waals surface area contributed by atoms with E-state index in [1.165, 1.54) is 0 Å². The lowest BCUT2D eigenvalue weighted by Crippen LogP contribution is -2.38. The summed E-state index contributed by atoms with van der Waals surface area (Å²) in [6.45, 7) is 1.54. The molecule has 27 heavy (non-hydrogen) atoms. The van der Waals surface area contributed by atoms with Crippen LogP contribution in [0.4, 0.5) is 0 Å². The number of hydrogen-bond donors (Lipinski definition) is 0. The first-order valence-electron chi connectivity index (χ1n) is 9.49. The molecule has 0 atom stereocenters. The maximum absolute atomic E-state index is 12.5. The van der Waals surface area contributed by atoms with E-state index in [9.17, 15) is 4.79 Å². The zero-order valence-electron chi connectivity index (χ0n) is 15.6. The van der Waals surface area contributed by atoms with Crippen molar-refractivity contribution in [3.05, 3.63) is 60.0 Å². The van der Waals surface area contributed by atoms with Crippen molar-refractivity contribution in [2.75, 3.05) is 20.2 Å². The molecule has 0 radical (unpaired) electrons. The van der Waals surface area contributed by atoms with Gasteiger partial charge in [-0.25, -0.2) is 4.98 Å². The highest BCUT2D eigenvalue weighted by atomic mass is 16.5. The number of methoxy groups -OCH3 is 1. The van der Waals surface area contributed by atoms with Gasteiger partial charge in [-0.05, 0) is 49.1 Å². The number of nitrogens with zero attached hydrogens (tertiary/aromatic N) is 2. The maximum atomic E-state index is 12.5. The predicted octanol–water partition coefficient (Wildman–Crippen LogP) is 4.18. The lowest BCUT2D eigenvalue weighted by molar-refractivity contribution is -0.132. The zero-order chi connectivity index (χ0) is 18.6. The molecule has 3 aromatic rings. The SMILES string of the molecule is COc1ccc(CCC(=O)N2CCC(c3nc4ccccc4o3)CC2)cc1. The molecule has 2 aromatic carbocycles. The Morgan fingerprint density at radius 1 is 1.15 bits per heavy atom. The van der Waals surface area contributed by atoms with Crippen LogP contribution in [-0.2, 0) is 11.2 Å². The van der Waals surface area contributed by atoms with Crippen molar-refractivity contribution in [3.63, 3.8) is 0 Å². The van der Waals surface area contributed by atoms with Crippen LogP contribution in [0.3, 0.4) is 0 Å². The van der Waals surface area contributed by atoms with Crippen molar-refractivity contribution in [2.45, 2.75) is 31.6 Å². The Bertz CT molecular complexity index is 876. The molecule has 5 heteroatoms. The first-order valence-corrected chi connectivity index (χ1v) is 9.49. The van der Waals surface area contributed by atoms with Gasteiger partial charge in [0, 0.05) is 25.4 Å². The minimum Gasteiger partial charge on any atom is -0.497 e. The smallest absolute Gasteiger partial charge is 0.222 e. The van der Waals surface area contributed by atoms with E-state index in [0.29, 0.717) is 12.3 Å². The molecule has 4 rings (SSSR count). The fourth-order valence-corrected chi connectivity index (χ4v) is 3.64. The van der Waals surface area contributed by atoms with Crippen LogP contribution in [0.25, 0.3) is 11.1 Å². The second-order valence-corrected chi connectivity index (χ2v) is 7.02. The molecule has 0 bridgehead atoms. The molecule has 2 heterocycles. The highest BCUT2D eigenvalue weighted by Crippen LogP contribution is 2.30. The number of aryl methyl sites for hydroxylation is 1. The topological polar surface area (TPSA) is 55.6 Å². The number of likely N-dealkylation sites (tertiary alicyclic amines) is 1. The Morgan fingerprint density at radius 3 is 2.59 bits per heavy atom. The minimum absolute atomic E-state index is 0.224. The highest BCUT2D eigenvalue weighted by molar-refractivity contribution is 5.76.